The summed E-state index contributed by atoms with van der Waals surface area (Å²) in [6.07, 6.45) is -0.0744. The van der Waals surface area contributed by atoms with Gasteiger partial charge in [-0.1, -0.05) is 13.0 Å². The molecule has 2 rings (SSSR count). The molecule has 0 aliphatic carbocycles. The number of carbonyl (C=O) groups excluding carboxylic acids is 2. The predicted octanol–water partition coefficient (Wildman–Crippen LogP) is 3.42. The number of aryl methyl sites for hydroxylation is 1. The van der Waals surface area contributed by atoms with E-state index in [0.29, 0.717) is 27.1 Å². The lowest BCUT2D eigenvalue weighted by Crippen LogP contribution is -2.36. The maximum Gasteiger partial charge on any atom is 0.349 e. The van der Waals surface area contributed by atoms with Gasteiger partial charge in [0.1, 0.15) is 10.7 Å². The van der Waals surface area contributed by atoms with E-state index in [9.17, 15) is 14.0 Å². The largest absolute Gasteiger partial charge is 0.448 e. The quantitative estimate of drug-likeness (QED) is 0.858. The van der Waals surface area contributed by atoms with Crippen LogP contribution in [0.2, 0.25) is 0 Å². The molecule has 1 atom stereocenters. The fraction of sp³-hybridized carbons (Fsp3) is 0.375. The zero-order valence-electron chi connectivity index (χ0n) is 12.7. The van der Waals surface area contributed by atoms with Gasteiger partial charge in [-0.05, 0) is 38.0 Å². The van der Waals surface area contributed by atoms with Gasteiger partial charge in [-0.3, -0.25) is 4.79 Å². The second-order valence-electron chi connectivity index (χ2n) is 5.01. The van der Waals surface area contributed by atoms with E-state index >= 15 is 0 Å². The van der Waals surface area contributed by atoms with Gasteiger partial charge in [0, 0.05) is 16.6 Å². The third-order valence-corrected chi connectivity index (χ3v) is 4.53. The van der Waals surface area contributed by atoms with Crippen LogP contribution in [0.1, 0.15) is 35.5 Å². The number of benzene rings is 1. The van der Waals surface area contributed by atoms with Crippen molar-refractivity contribution >= 4 is 33.3 Å². The number of rotatable bonds is 5. The van der Waals surface area contributed by atoms with Gasteiger partial charge in [0.25, 0.3) is 5.91 Å². The molecule has 4 nitrogen and oxygen atoms in total. The summed E-state index contributed by atoms with van der Waals surface area (Å²) in [5.41, 5.74) is 0.546. The average Bonchev–Trinajstić information content (AvgIpc) is 2.83. The first-order valence-electron chi connectivity index (χ1n) is 7.12. The van der Waals surface area contributed by atoms with Crippen molar-refractivity contribution in [2.75, 3.05) is 6.54 Å². The second kappa shape index (κ2) is 6.87. The molecule has 1 amide bonds. The van der Waals surface area contributed by atoms with Crippen LogP contribution in [0.3, 0.4) is 0 Å². The molecule has 0 fully saturated rings. The smallest absolute Gasteiger partial charge is 0.349 e. The summed E-state index contributed by atoms with van der Waals surface area (Å²) in [5.74, 6) is -1.29. The molecule has 118 valence electrons. The molecule has 0 bridgehead atoms. The van der Waals surface area contributed by atoms with Crippen molar-refractivity contribution in [3.8, 4) is 0 Å². The molecule has 6 heteroatoms. The van der Waals surface area contributed by atoms with E-state index < -0.39 is 12.1 Å². The zero-order valence-corrected chi connectivity index (χ0v) is 13.6. The minimum absolute atomic E-state index is 0.329. The number of hydrogen-bond donors (Lipinski definition) is 1. The standard InChI is InChI=1S/C16H18FNO3S/c1-4-8-18-15(19)10(3)21-16(20)14-9(2)13-11(17)6-5-7-12(13)22-14/h5-7,10H,4,8H2,1-3H3,(H,18,19). The van der Waals surface area contributed by atoms with E-state index in [2.05, 4.69) is 5.32 Å². The number of amides is 1. The van der Waals surface area contributed by atoms with Crippen LogP contribution in [0.15, 0.2) is 18.2 Å². The highest BCUT2D eigenvalue weighted by Crippen LogP contribution is 2.33. The molecule has 0 aliphatic heterocycles. The van der Waals surface area contributed by atoms with Crippen LogP contribution in [0, 0.1) is 12.7 Å². The molecule has 0 saturated heterocycles. The number of esters is 1. The van der Waals surface area contributed by atoms with E-state index in [1.807, 2.05) is 6.92 Å². The molecule has 1 aromatic carbocycles. The first kappa shape index (κ1) is 16.4. The lowest BCUT2D eigenvalue weighted by atomic mass is 10.1. The number of nitrogens with one attached hydrogen (secondary N) is 1. The highest BCUT2D eigenvalue weighted by atomic mass is 32.1. The number of fused-ring (bicyclic) bond motifs is 1. The molecule has 1 N–H and O–H groups in total. The molecule has 0 aliphatic rings. The van der Waals surface area contributed by atoms with Crippen molar-refractivity contribution in [1.82, 2.24) is 5.32 Å². The Balaban J connectivity index is 2.18. The Morgan fingerprint density at radius 1 is 1.41 bits per heavy atom. The Morgan fingerprint density at radius 2 is 2.14 bits per heavy atom. The van der Waals surface area contributed by atoms with Crippen molar-refractivity contribution in [2.24, 2.45) is 0 Å². The third kappa shape index (κ3) is 3.27. The summed E-state index contributed by atoms with van der Waals surface area (Å²) in [6, 6.07) is 4.71. The summed E-state index contributed by atoms with van der Waals surface area (Å²) in [6.45, 7) is 5.67. The second-order valence-corrected chi connectivity index (χ2v) is 6.06. The fourth-order valence-electron chi connectivity index (χ4n) is 2.11. The van der Waals surface area contributed by atoms with Crippen molar-refractivity contribution in [1.29, 1.82) is 0 Å². The minimum Gasteiger partial charge on any atom is -0.448 e. The van der Waals surface area contributed by atoms with Crippen LogP contribution in [0.4, 0.5) is 4.39 Å². The van der Waals surface area contributed by atoms with Crippen molar-refractivity contribution < 1.29 is 18.7 Å². The SMILES string of the molecule is CCCNC(=O)C(C)OC(=O)c1sc2cccc(F)c2c1C. The van der Waals surface area contributed by atoms with Gasteiger partial charge in [-0.2, -0.15) is 0 Å². The summed E-state index contributed by atoms with van der Waals surface area (Å²) in [7, 11) is 0. The number of halogens is 1. The Bertz CT molecular complexity index is 711. The highest BCUT2D eigenvalue weighted by Gasteiger charge is 2.23. The van der Waals surface area contributed by atoms with E-state index in [4.69, 9.17) is 4.74 Å². The zero-order chi connectivity index (χ0) is 16.3. The number of carbonyl (C=O) groups is 2. The molecule has 1 heterocycles. The van der Waals surface area contributed by atoms with E-state index in [1.165, 1.54) is 24.3 Å². The van der Waals surface area contributed by atoms with E-state index in [1.54, 1.807) is 19.1 Å². The first-order chi connectivity index (χ1) is 10.5. The van der Waals surface area contributed by atoms with Crippen LogP contribution >= 0.6 is 11.3 Å². The van der Waals surface area contributed by atoms with Gasteiger partial charge in [0.15, 0.2) is 6.10 Å². The normalized spacial score (nSPS) is 12.2. The molecule has 22 heavy (non-hydrogen) atoms. The number of hydrogen-bond acceptors (Lipinski definition) is 4. The molecule has 0 spiro atoms. The number of thiophene rings is 1. The predicted molar refractivity (Wildman–Crippen MR) is 84.7 cm³/mol. The van der Waals surface area contributed by atoms with Crippen LogP contribution in [0.25, 0.3) is 10.1 Å². The molecule has 0 saturated carbocycles. The van der Waals surface area contributed by atoms with Crippen LogP contribution < -0.4 is 5.32 Å². The van der Waals surface area contributed by atoms with Crippen LogP contribution in [0.5, 0.6) is 0 Å². The molecular weight excluding hydrogens is 305 g/mol. The van der Waals surface area contributed by atoms with Crippen molar-refractivity contribution in [3.05, 3.63) is 34.5 Å². The summed E-state index contributed by atoms with van der Waals surface area (Å²) >= 11 is 1.17. The first-order valence-corrected chi connectivity index (χ1v) is 7.93. The van der Waals surface area contributed by atoms with Crippen molar-refractivity contribution in [3.63, 3.8) is 0 Å². The summed E-state index contributed by atoms with van der Waals surface area (Å²) < 4.78 is 19.7. The Hall–Kier alpha value is -1.95. The Labute approximate surface area is 132 Å². The van der Waals surface area contributed by atoms with Gasteiger partial charge in [-0.25, -0.2) is 9.18 Å². The van der Waals surface area contributed by atoms with Gasteiger partial charge in [0.05, 0.1) is 0 Å². The third-order valence-electron chi connectivity index (χ3n) is 3.29. The van der Waals surface area contributed by atoms with Gasteiger partial charge >= 0.3 is 5.97 Å². The fourth-order valence-corrected chi connectivity index (χ4v) is 3.21. The lowest BCUT2D eigenvalue weighted by molar-refractivity contribution is -0.129. The molecule has 1 unspecified atom stereocenters. The maximum atomic E-state index is 13.8. The molecule has 0 radical (unpaired) electrons. The molecule has 1 aromatic heterocycles. The van der Waals surface area contributed by atoms with Gasteiger partial charge in [0.2, 0.25) is 0 Å². The number of ether oxygens (including phenoxy) is 1. The minimum atomic E-state index is -0.881. The molecule has 2 aromatic rings. The summed E-state index contributed by atoms with van der Waals surface area (Å²) in [5, 5.41) is 3.10. The summed E-state index contributed by atoms with van der Waals surface area (Å²) in [4.78, 5) is 24.3. The van der Waals surface area contributed by atoms with Gasteiger partial charge in [-0.15, -0.1) is 11.3 Å². The van der Waals surface area contributed by atoms with Crippen LogP contribution in [-0.2, 0) is 9.53 Å². The Kier molecular flexibility index (Phi) is 5.13. The van der Waals surface area contributed by atoms with Gasteiger partial charge < -0.3 is 10.1 Å². The van der Waals surface area contributed by atoms with Crippen LogP contribution in [-0.4, -0.2) is 24.5 Å². The average molecular weight is 323 g/mol. The lowest BCUT2D eigenvalue weighted by Gasteiger charge is -2.12. The maximum absolute atomic E-state index is 13.8. The van der Waals surface area contributed by atoms with E-state index in [-0.39, 0.29) is 11.7 Å². The molecular formula is C16H18FNO3S. The monoisotopic (exact) mass is 323 g/mol. The highest BCUT2D eigenvalue weighted by molar-refractivity contribution is 7.21. The Morgan fingerprint density at radius 3 is 2.77 bits per heavy atom. The van der Waals surface area contributed by atoms with E-state index in [0.717, 1.165) is 6.42 Å². The van der Waals surface area contributed by atoms with Crippen molar-refractivity contribution in [2.45, 2.75) is 33.3 Å². The topological polar surface area (TPSA) is 55.4 Å².